The van der Waals surface area contributed by atoms with Crippen LogP contribution in [0.3, 0.4) is 0 Å². The number of allylic oxidation sites excluding steroid dienone is 28. The number of carbonyl (C=O) groups is 3. The summed E-state index contributed by atoms with van der Waals surface area (Å²) in [7, 11) is 0. The van der Waals surface area contributed by atoms with E-state index in [9.17, 15) is 14.4 Å². The maximum Gasteiger partial charge on any atom is 0.306 e. The van der Waals surface area contributed by atoms with Crippen molar-refractivity contribution in [1.29, 1.82) is 0 Å². The van der Waals surface area contributed by atoms with E-state index in [0.29, 0.717) is 19.3 Å². The molecule has 0 saturated heterocycles. The number of carbonyl (C=O) groups excluding carboxylic acids is 3. The summed E-state index contributed by atoms with van der Waals surface area (Å²) in [6.45, 7) is 6.39. The van der Waals surface area contributed by atoms with Crippen molar-refractivity contribution in [1.82, 2.24) is 0 Å². The summed E-state index contributed by atoms with van der Waals surface area (Å²) in [5.41, 5.74) is 0. The van der Waals surface area contributed by atoms with Gasteiger partial charge in [-0.05, 0) is 154 Å². The predicted molar refractivity (Wildman–Crippen MR) is 348 cm³/mol. The topological polar surface area (TPSA) is 78.9 Å². The molecule has 0 rings (SSSR count). The Balaban J connectivity index is 4.42. The molecule has 448 valence electrons. The molecule has 0 amide bonds. The van der Waals surface area contributed by atoms with Crippen molar-refractivity contribution in [3.63, 3.8) is 0 Å². The molecule has 0 aromatic rings. The minimum atomic E-state index is -0.818. The van der Waals surface area contributed by atoms with E-state index in [1.807, 2.05) is 0 Å². The van der Waals surface area contributed by atoms with Gasteiger partial charge in [0.15, 0.2) is 6.10 Å². The van der Waals surface area contributed by atoms with Crippen LogP contribution in [0.1, 0.15) is 258 Å². The van der Waals surface area contributed by atoms with Crippen LogP contribution < -0.4 is 0 Å². The van der Waals surface area contributed by atoms with Crippen LogP contribution in [0, 0.1) is 0 Å². The summed E-state index contributed by atoms with van der Waals surface area (Å²) in [6, 6.07) is 0. The molecule has 1 unspecified atom stereocenters. The molecular formula is C74H116O6. The molecule has 0 heterocycles. The Labute approximate surface area is 492 Å². The van der Waals surface area contributed by atoms with Crippen LogP contribution >= 0.6 is 0 Å². The van der Waals surface area contributed by atoms with Crippen LogP contribution in [0.15, 0.2) is 170 Å². The van der Waals surface area contributed by atoms with E-state index >= 15 is 0 Å². The monoisotopic (exact) mass is 1100 g/mol. The maximum atomic E-state index is 12.9. The molecule has 0 spiro atoms. The number of ether oxygens (including phenoxy) is 3. The fourth-order valence-electron chi connectivity index (χ4n) is 8.10. The van der Waals surface area contributed by atoms with E-state index in [-0.39, 0.29) is 37.5 Å². The van der Waals surface area contributed by atoms with Gasteiger partial charge in [0.05, 0.1) is 0 Å². The van der Waals surface area contributed by atoms with Crippen LogP contribution in [0.5, 0.6) is 0 Å². The smallest absolute Gasteiger partial charge is 0.306 e. The van der Waals surface area contributed by atoms with Crippen LogP contribution in [-0.2, 0) is 28.6 Å². The molecule has 0 aliphatic carbocycles. The fourth-order valence-corrected chi connectivity index (χ4v) is 8.10. The maximum absolute atomic E-state index is 12.9. The predicted octanol–water partition coefficient (Wildman–Crippen LogP) is 22.3. The van der Waals surface area contributed by atoms with Gasteiger partial charge in [-0.2, -0.15) is 0 Å². The lowest BCUT2D eigenvalue weighted by Crippen LogP contribution is -2.30. The van der Waals surface area contributed by atoms with E-state index in [2.05, 4.69) is 191 Å². The standard InChI is InChI=1S/C74H116O6/c1-4-7-10-13-16-19-22-25-28-29-30-31-32-33-34-35-36-37-38-39-40-41-42-43-44-45-47-49-52-55-58-61-64-67-73(76)79-70-71(69-78-72(75)66-63-60-57-54-51-48-27-24-21-18-15-12-9-6-3)80-74(77)68-65-62-59-56-53-50-46-26-23-20-17-14-11-8-5-2/h7,10,15-20,24-28,30-31,33-34,36-37,39-40,42-43,45-47,52,55,71H,4-6,8-9,11-14,21-23,29,32,35,38,41,44,48-51,53-54,56-70H2,1-3H3/b10-7-,18-15-,19-16-,20-17-,27-24-,28-25-,31-30-,34-33-,37-36-,40-39-,43-42-,46-26-,47-45-,55-52-. The highest BCUT2D eigenvalue weighted by Gasteiger charge is 2.19. The van der Waals surface area contributed by atoms with Gasteiger partial charge in [0.25, 0.3) is 0 Å². The number of hydrogen-bond acceptors (Lipinski definition) is 6. The molecule has 0 aromatic heterocycles. The third kappa shape index (κ3) is 63.6. The van der Waals surface area contributed by atoms with Gasteiger partial charge >= 0.3 is 17.9 Å². The third-order valence-corrected chi connectivity index (χ3v) is 12.9. The first-order valence-corrected chi connectivity index (χ1v) is 32.1. The Morgan fingerprint density at radius 3 is 0.825 bits per heavy atom. The number of rotatable bonds is 56. The van der Waals surface area contributed by atoms with Crippen molar-refractivity contribution < 1.29 is 28.6 Å². The van der Waals surface area contributed by atoms with Gasteiger partial charge < -0.3 is 14.2 Å². The Morgan fingerprint density at radius 1 is 0.263 bits per heavy atom. The molecule has 1 atom stereocenters. The number of hydrogen-bond donors (Lipinski definition) is 0. The lowest BCUT2D eigenvalue weighted by molar-refractivity contribution is -0.167. The normalized spacial score (nSPS) is 13.3. The first kappa shape index (κ1) is 74.8. The Hall–Kier alpha value is -5.23. The Bertz CT molecular complexity index is 1840. The van der Waals surface area contributed by atoms with Crippen molar-refractivity contribution in [2.45, 2.75) is 264 Å². The largest absolute Gasteiger partial charge is 0.462 e. The highest BCUT2D eigenvalue weighted by atomic mass is 16.6. The number of esters is 3. The lowest BCUT2D eigenvalue weighted by Gasteiger charge is -2.18. The van der Waals surface area contributed by atoms with Crippen molar-refractivity contribution in [2.75, 3.05) is 13.2 Å². The van der Waals surface area contributed by atoms with Gasteiger partial charge in [-0.15, -0.1) is 0 Å². The van der Waals surface area contributed by atoms with E-state index in [1.54, 1.807) is 0 Å². The zero-order chi connectivity index (χ0) is 57.8. The van der Waals surface area contributed by atoms with E-state index < -0.39 is 6.10 Å². The molecule has 0 saturated carbocycles. The summed E-state index contributed by atoms with van der Waals surface area (Å²) in [4.78, 5) is 38.2. The fraction of sp³-hybridized carbons (Fsp3) is 0.581. The summed E-state index contributed by atoms with van der Waals surface area (Å²) in [5.74, 6) is -0.990. The summed E-state index contributed by atoms with van der Waals surface area (Å²) >= 11 is 0. The highest BCUT2D eigenvalue weighted by Crippen LogP contribution is 2.13. The molecule has 0 aliphatic heterocycles. The molecule has 0 radical (unpaired) electrons. The Kier molecular flexibility index (Phi) is 61.9. The minimum Gasteiger partial charge on any atom is -0.462 e. The van der Waals surface area contributed by atoms with Crippen LogP contribution in [-0.4, -0.2) is 37.2 Å². The van der Waals surface area contributed by atoms with Gasteiger partial charge in [0, 0.05) is 19.3 Å². The van der Waals surface area contributed by atoms with Crippen molar-refractivity contribution in [3.05, 3.63) is 170 Å². The third-order valence-electron chi connectivity index (χ3n) is 12.9. The second-order valence-corrected chi connectivity index (χ2v) is 20.6. The van der Waals surface area contributed by atoms with Gasteiger partial charge in [-0.3, -0.25) is 14.4 Å². The first-order valence-electron chi connectivity index (χ1n) is 32.1. The molecule has 80 heavy (non-hydrogen) atoms. The van der Waals surface area contributed by atoms with Crippen LogP contribution in [0.25, 0.3) is 0 Å². The van der Waals surface area contributed by atoms with E-state index in [0.717, 1.165) is 167 Å². The SMILES string of the molecule is CC/C=C\C/C=C\C/C=C\C/C=C\C/C=C\C/C=C\C/C=C\C/C=C\C/C=C\C/C=C\CCCCC(=O)OCC(COC(=O)CCCCCCC/C=C\C/C=C\CCCC)OC(=O)CCCCCCC/C=C\C/C=C\CCCCC. The van der Waals surface area contributed by atoms with Gasteiger partial charge in [0.2, 0.25) is 0 Å². The average molecular weight is 1100 g/mol. The second-order valence-electron chi connectivity index (χ2n) is 20.6. The molecule has 6 heteroatoms. The van der Waals surface area contributed by atoms with E-state index in [4.69, 9.17) is 14.2 Å². The molecule has 0 aromatic carbocycles. The summed E-state index contributed by atoms with van der Waals surface area (Å²) < 4.78 is 16.8. The van der Waals surface area contributed by atoms with Gasteiger partial charge in [-0.25, -0.2) is 0 Å². The van der Waals surface area contributed by atoms with Crippen LogP contribution in [0.2, 0.25) is 0 Å². The summed E-state index contributed by atoms with van der Waals surface area (Å²) in [5, 5.41) is 0. The molecule has 0 aliphatic rings. The quantitative estimate of drug-likeness (QED) is 0.0261. The number of unbranched alkanes of at least 4 members (excludes halogenated alkanes) is 17. The highest BCUT2D eigenvalue weighted by molar-refractivity contribution is 5.71. The van der Waals surface area contributed by atoms with Crippen molar-refractivity contribution >= 4 is 17.9 Å². The summed E-state index contributed by atoms with van der Waals surface area (Å²) in [6.07, 6.45) is 97.9. The van der Waals surface area contributed by atoms with Gasteiger partial charge in [0.1, 0.15) is 13.2 Å². The van der Waals surface area contributed by atoms with Crippen molar-refractivity contribution in [3.8, 4) is 0 Å². The molecule has 6 nitrogen and oxygen atoms in total. The van der Waals surface area contributed by atoms with Gasteiger partial charge in [-0.1, -0.05) is 255 Å². The average Bonchev–Trinajstić information content (AvgIpc) is 3.46. The minimum absolute atomic E-state index is 0.112. The molecular weight excluding hydrogens is 985 g/mol. The van der Waals surface area contributed by atoms with E-state index in [1.165, 1.54) is 44.9 Å². The van der Waals surface area contributed by atoms with Crippen molar-refractivity contribution in [2.24, 2.45) is 0 Å². The van der Waals surface area contributed by atoms with Crippen LogP contribution in [0.4, 0.5) is 0 Å². The first-order chi connectivity index (χ1) is 39.5. The molecule has 0 fully saturated rings. The zero-order valence-electron chi connectivity index (χ0n) is 51.3. The zero-order valence-corrected chi connectivity index (χ0v) is 51.3. The molecule has 0 N–H and O–H groups in total. The Morgan fingerprint density at radius 2 is 0.500 bits per heavy atom. The lowest BCUT2D eigenvalue weighted by atomic mass is 10.1. The molecule has 0 bridgehead atoms. The second kappa shape index (κ2) is 66.3.